The zero-order valence-electron chi connectivity index (χ0n) is 46.6. The van der Waals surface area contributed by atoms with Crippen LogP contribution in [0.5, 0.6) is 0 Å². The highest BCUT2D eigenvalue weighted by Crippen LogP contribution is 2.31. The molecule has 0 amide bonds. The Morgan fingerprint density at radius 3 is 1.30 bits per heavy atom. The number of rotatable bonds is 47. The van der Waals surface area contributed by atoms with Crippen LogP contribution in [0.15, 0.2) is 12.7 Å². The van der Waals surface area contributed by atoms with E-state index >= 15 is 0 Å². The van der Waals surface area contributed by atoms with Crippen molar-refractivity contribution in [3.8, 4) is 0 Å². The molecule has 0 aliphatic carbocycles. The smallest absolute Gasteiger partial charge is 0.330 e. The van der Waals surface area contributed by atoms with Gasteiger partial charge in [-0.1, -0.05) is 188 Å². The van der Waals surface area contributed by atoms with Crippen LogP contribution in [-0.2, 0) is 38.1 Å². The van der Waals surface area contributed by atoms with Gasteiger partial charge in [0.25, 0.3) is 0 Å². The highest BCUT2D eigenvalue weighted by molar-refractivity contribution is 5.81. The quantitative estimate of drug-likeness (QED) is 0.0255. The summed E-state index contributed by atoms with van der Waals surface area (Å²) in [4.78, 5) is 54.6. The lowest BCUT2D eigenvalue weighted by atomic mass is 9.86. The summed E-state index contributed by atoms with van der Waals surface area (Å²) in [5.74, 6) is -0.853. The van der Waals surface area contributed by atoms with Gasteiger partial charge in [0.2, 0.25) is 0 Å². The fraction of sp³-hybridized carbons (Fsp3) is 0.900. The number of esters is 4. The molecule has 404 valence electrons. The Kier molecular flexibility index (Phi) is 38.5. The summed E-state index contributed by atoms with van der Waals surface area (Å²) in [6.07, 6.45) is 41.2. The third kappa shape index (κ3) is 32.3. The molecule has 0 aromatic heterocycles. The average molecular weight is 975 g/mol. The molecule has 1 aliphatic rings. The first-order valence-corrected chi connectivity index (χ1v) is 29.4. The zero-order valence-corrected chi connectivity index (χ0v) is 46.6. The van der Waals surface area contributed by atoms with Crippen molar-refractivity contribution >= 4 is 23.9 Å². The molecule has 9 nitrogen and oxygen atoms in total. The van der Waals surface area contributed by atoms with Crippen molar-refractivity contribution < 1.29 is 38.1 Å². The number of ether oxygens (including phenoxy) is 4. The van der Waals surface area contributed by atoms with Crippen LogP contribution in [0.1, 0.15) is 293 Å². The molecular formula is C60H111NO8. The molecule has 0 aromatic carbocycles. The molecule has 0 saturated carbocycles. The SMILES string of the molecule is C=CC(=O)OC1CC(C(=O)OCCCCCCC(C)(C)C(=O)OC(CCCCCCCC)CCCCCCCC)N(CCCCCCC(C)(C)C(=O)OC(CCCCCC)CCCCCCCC)C1. The van der Waals surface area contributed by atoms with E-state index in [1.165, 1.54) is 122 Å². The van der Waals surface area contributed by atoms with Crippen LogP contribution in [0.2, 0.25) is 0 Å². The fourth-order valence-electron chi connectivity index (χ4n) is 9.78. The average Bonchev–Trinajstić information content (AvgIpc) is 3.73. The van der Waals surface area contributed by atoms with E-state index < -0.39 is 22.8 Å². The normalized spacial score (nSPS) is 15.9. The maximum atomic E-state index is 13.5. The first-order valence-electron chi connectivity index (χ1n) is 29.4. The van der Waals surface area contributed by atoms with Crippen molar-refractivity contribution in [2.75, 3.05) is 19.7 Å². The van der Waals surface area contributed by atoms with Crippen LogP contribution in [0.3, 0.4) is 0 Å². The summed E-state index contributed by atoms with van der Waals surface area (Å²) in [6, 6.07) is -0.453. The first-order chi connectivity index (χ1) is 33.2. The van der Waals surface area contributed by atoms with E-state index in [0.29, 0.717) is 26.1 Å². The monoisotopic (exact) mass is 974 g/mol. The number of hydrogen-bond acceptors (Lipinski definition) is 9. The van der Waals surface area contributed by atoms with Crippen molar-refractivity contribution in [1.29, 1.82) is 0 Å². The summed E-state index contributed by atoms with van der Waals surface area (Å²) >= 11 is 0. The van der Waals surface area contributed by atoms with Crippen molar-refractivity contribution in [3.63, 3.8) is 0 Å². The molecule has 1 aliphatic heterocycles. The number of unbranched alkanes of at least 4 members (excludes halogenated alkanes) is 24. The maximum Gasteiger partial charge on any atom is 0.330 e. The van der Waals surface area contributed by atoms with Crippen molar-refractivity contribution in [2.45, 2.75) is 317 Å². The second kappa shape index (κ2) is 41.1. The molecule has 69 heavy (non-hydrogen) atoms. The predicted octanol–water partition coefficient (Wildman–Crippen LogP) is 16.7. The summed E-state index contributed by atoms with van der Waals surface area (Å²) in [7, 11) is 0. The zero-order chi connectivity index (χ0) is 51.0. The summed E-state index contributed by atoms with van der Waals surface area (Å²) in [5, 5.41) is 0. The van der Waals surface area contributed by atoms with Crippen LogP contribution in [-0.4, -0.2) is 72.8 Å². The maximum absolute atomic E-state index is 13.5. The Morgan fingerprint density at radius 2 is 0.884 bits per heavy atom. The van der Waals surface area contributed by atoms with Crippen LogP contribution >= 0.6 is 0 Å². The lowest BCUT2D eigenvalue weighted by Crippen LogP contribution is -2.38. The minimum atomic E-state index is -0.529. The standard InChI is InChI=1S/C60H111NO8/c1-10-15-19-23-26-34-42-51(41-33-22-18-13-4)68-57(64)59(6,7)45-37-29-31-39-47-61-50-53(67-55(62)14-5)49-54(61)56(63)66-48-40-32-30-38-46-60(8,9)58(65)69-52(43-35-27-24-20-16-11-2)44-36-28-25-21-17-12-3/h14,51-54H,5,10-13,15-50H2,1-4,6-9H3. The molecule has 1 heterocycles. The van der Waals surface area contributed by atoms with Crippen molar-refractivity contribution in [2.24, 2.45) is 10.8 Å². The van der Waals surface area contributed by atoms with Gasteiger partial charge in [0.05, 0.1) is 17.4 Å². The van der Waals surface area contributed by atoms with Gasteiger partial charge in [0.1, 0.15) is 24.4 Å². The van der Waals surface area contributed by atoms with Crippen LogP contribution in [0.25, 0.3) is 0 Å². The van der Waals surface area contributed by atoms with E-state index in [1.54, 1.807) is 0 Å². The van der Waals surface area contributed by atoms with E-state index in [1.807, 2.05) is 27.7 Å². The van der Waals surface area contributed by atoms with Crippen molar-refractivity contribution in [1.82, 2.24) is 4.90 Å². The van der Waals surface area contributed by atoms with E-state index in [0.717, 1.165) is 116 Å². The largest absolute Gasteiger partial charge is 0.465 e. The van der Waals surface area contributed by atoms with Gasteiger partial charge in [-0.2, -0.15) is 0 Å². The van der Waals surface area contributed by atoms with E-state index in [-0.39, 0.29) is 36.2 Å². The second-order valence-corrected chi connectivity index (χ2v) is 22.3. The molecule has 9 heteroatoms. The number of nitrogens with zero attached hydrogens (tertiary/aromatic N) is 1. The minimum Gasteiger partial charge on any atom is -0.465 e. The van der Waals surface area contributed by atoms with E-state index in [2.05, 4.69) is 39.2 Å². The van der Waals surface area contributed by atoms with Crippen LogP contribution in [0, 0.1) is 10.8 Å². The van der Waals surface area contributed by atoms with Crippen molar-refractivity contribution in [3.05, 3.63) is 12.7 Å². The molecule has 3 unspecified atom stereocenters. The van der Waals surface area contributed by atoms with Gasteiger partial charge < -0.3 is 18.9 Å². The number of likely N-dealkylation sites (tertiary alicyclic amines) is 1. The highest BCUT2D eigenvalue weighted by Gasteiger charge is 2.39. The predicted molar refractivity (Wildman–Crippen MR) is 287 cm³/mol. The molecule has 0 N–H and O–H groups in total. The number of carbonyl (C=O) groups excluding carboxylic acids is 4. The fourth-order valence-corrected chi connectivity index (χ4v) is 9.78. The van der Waals surface area contributed by atoms with Gasteiger partial charge in [-0.25, -0.2) is 4.79 Å². The van der Waals surface area contributed by atoms with Gasteiger partial charge in [0, 0.05) is 19.0 Å². The topological polar surface area (TPSA) is 108 Å². The lowest BCUT2D eigenvalue weighted by Gasteiger charge is -2.27. The van der Waals surface area contributed by atoms with Crippen LogP contribution < -0.4 is 0 Å². The van der Waals surface area contributed by atoms with Gasteiger partial charge in [-0.05, 0) is 111 Å². The molecule has 1 saturated heterocycles. The summed E-state index contributed by atoms with van der Waals surface area (Å²) < 4.78 is 23.9. The number of hydrogen-bond donors (Lipinski definition) is 0. The van der Waals surface area contributed by atoms with Gasteiger partial charge >= 0.3 is 23.9 Å². The lowest BCUT2D eigenvalue weighted by molar-refractivity contribution is -0.161. The van der Waals surface area contributed by atoms with Gasteiger partial charge in [-0.3, -0.25) is 19.3 Å². The third-order valence-electron chi connectivity index (χ3n) is 14.7. The molecule has 1 fully saturated rings. The molecule has 1 rings (SSSR count). The van der Waals surface area contributed by atoms with Gasteiger partial charge in [-0.15, -0.1) is 0 Å². The summed E-state index contributed by atoms with van der Waals surface area (Å²) in [5.41, 5.74) is -1.05. The minimum absolute atomic E-state index is 0.0210. The molecule has 3 atom stereocenters. The van der Waals surface area contributed by atoms with E-state index in [9.17, 15) is 19.2 Å². The Labute approximate surface area is 425 Å². The van der Waals surface area contributed by atoms with Crippen LogP contribution in [0.4, 0.5) is 0 Å². The molecule has 0 bridgehead atoms. The molecule has 0 aromatic rings. The Balaban J connectivity index is 2.55. The Hall–Kier alpha value is -2.42. The molecular weight excluding hydrogens is 863 g/mol. The third-order valence-corrected chi connectivity index (χ3v) is 14.7. The highest BCUT2D eigenvalue weighted by atomic mass is 16.6. The van der Waals surface area contributed by atoms with Gasteiger partial charge in [0.15, 0.2) is 0 Å². The summed E-state index contributed by atoms with van der Waals surface area (Å²) in [6.45, 7) is 22.2. The Bertz CT molecular complexity index is 1300. The first kappa shape index (κ1) is 64.6. The van der Waals surface area contributed by atoms with E-state index in [4.69, 9.17) is 18.9 Å². The Morgan fingerprint density at radius 1 is 0.522 bits per heavy atom. The molecule has 0 spiro atoms. The number of carbonyl (C=O) groups is 4. The molecule has 0 radical (unpaired) electrons. The second-order valence-electron chi connectivity index (χ2n) is 22.3.